The third kappa shape index (κ3) is 3.89. The highest BCUT2D eigenvalue weighted by Gasteiger charge is 2.45. The van der Waals surface area contributed by atoms with Crippen LogP contribution >= 0.6 is 0 Å². The molecule has 1 fully saturated rings. The van der Waals surface area contributed by atoms with Crippen LogP contribution in [0, 0.1) is 0 Å². The van der Waals surface area contributed by atoms with Gasteiger partial charge >= 0.3 is 0 Å². The quantitative estimate of drug-likeness (QED) is 0.368. The van der Waals surface area contributed by atoms with Crippen LogP contribution < -0.4 is 4.74 Å². The van der Waals surface area contributed by atoms with Crippen molar-refractivity contribution in [2.45, 2.75) is 31.9 Å². The molecule has 2 aliphatic heterocycles. The zero-order chi connectivity index (χ0) is 22.9. The Kier molecular flexibility index (Phi) is 5.42. The molecule has 3 heterocycles. The molecule has 5 rings (SSSR count). The zero-order valence-electron chi connectivity index (χ0n) is 18.3. The number of Topliss-reactive ketones (excluding diaryl/α,β-unsaturated/α-hetero) is 1. The molecule has 1 saturated heterocycles. The Hall–Kier alpha value is -3.93. The number of aliphatic hydroxyl groups is 1. The van der Waals surface area contributed by atoms with E-state index in [1.165, 1.54) is 0 Å². The van der Waals surface area contributed by atoms with Gasteiger partial charge in [-0.05, 0) is 60.4 Å². The van der Waals surface area contributed by atoms with Crippen molar-refractivity contribution in [1.82, 2.24) is 9.88 Å². The zero-order valence-corrected chi connectivity index (χ0v) is 18.3. The van der Waals surface area contributed by atoms with Crippen LogP contribution in [0.2, 0.25) is 0 Å². The molecule has 0 radical (unpaired) electrons. The minimum absolute atomic E-state index is 0.0674. The molecule has 0 aliphatic carbocycles. The fourth-order valence-corrected chi connectivity index (χ4v) is 4.62. The summed E-state index contributed by atoms with van der Waals surface area (Å²) in [6.07, 6.45) is 4.65. The van der Waals surface area contributed by atoms with E-state index in [0.717, 1.165) is 28.9 Å². The Morgan fingerprint density at radius 2 is 1.85 bits per heavy atom. The number of hydrogen-bond acceptors (Lipinski definition) is 5. The third-order valence-corrected chi connectivity index (χ3v) is 6.22. The van der Waals surface area contributed by atoms with Gasteiger partial charge in [-0.25, -0.2) is 0 Å². The number of carbonyl (C=O) groups excluding carboxylic acids is 2. The van der Waals surface area contributed by atoms with E-state index < -0.39 is 17.7 Å². The number of rotatable bonds is 5. The van der Waals surface area contributed by atoms with Crippen molar-refractivity contribution >= 4 is 17.4 Å². The van der Waals surface area contributed by atoms with Crippen LogP contribution in [-0.2, 0) is 22.4 Å². The molecule has 1 amide bonds. The highest BCUT2D eigenvalue weighted by atomic mass is 16.5. The molecule has 2 atom stereocenters. The van der Waals surface area contributed by atoms with E-state index >= 15 is 0 Å². The van der Waals surface area contributed by atoms with Gasteiger partial charge in [0.05, 0.1) is 11.6 Å². The maximum atomic E-state index is 13.2. The average Bonchev–Trinajstić information content (AvgIpc) is 3.34. The molecule has 0 spiro atoms. The maximum absolute atomic E-state index is 13.2. The van der Waals surface area contributed by atoms with Crippen molar-refractivity contribution in [1.29, 1.82) is 0 Å². The van der Waals surface area contributed by atoms with E-state index in [1.807, 2.05) is 43.3 Å². The van der Waals surface area contributed by atoms with E-state index in [0.29, 0.717) is 18.5 Å². The van der Waals surface area contributed by atoms with Gasteiger partial charge in [0, 0.05) is 30.9 Å². The van der Waals surface area contributed by atoms with E-state index in [-0.39, 0.29) is 17.4 Å². The van der Waals surface area contributed by atoms with Crippen LogP contribution in [-0.4, -0.2) is 39.3 Å². The van der Waals surface area contributed by atoms with Gasteiger partial charge in [-0.1, -0.05) is 30.3 Å². The first kappa shape index (κ1) is 20.9. The van der Waals surface area contributed by atoms with Gasteiger partial charge in [0.25, 0.3) is 11.7 Å². The van der Waals surface area contributed by atoms with Crippen molar-refractivity contribution in [2.75, 3.05) is 6.54 Å². The summed E-state index contributed by atoms with van der Waals surface area (Å²) in [7, 11) is 0. The first-order chi connectivity index (χ1) is 16.0. The minimum Gasteiger partial charge on any atom is -0.507 e. The molecule has 2 aliphatic rings. The number of nitrogens with zero attached hydrogens (tertiary/aromatic N) is 2. The molecule has 6 heteroatoms. The van der Waals surface area contributed by atoms with Crippen LogP contribution in [0.4, 0.5) is 0 Å². The van der Waals surface area contributed by atoms with Gasteiger partial charge in [-0.15, -0.1) is 0 Å². The molecule has 33 heavy (non-hydrogen) atoms. The largest absolute Gasteiger partial charge is 0.507 e. The number of ether oxygens (including phenoxy) is 1. The molecule has 6 nitrogen and oxygen atoms in total. The van der Waals surface area contributed by atoms with Crippen LogP contribution in [0.1, 0.15) is 35.2 Å². The smallest absolute Gasteiger partial charge is 0.295 e. The predicted octanol–water partition coefficient (Wildman–Crippen LogP) is 4.07. The summed E-state index contributed by atoms with van der Waals surface area (Å²) in [5.41, 5.74) is 3.39. The SMILES string of the molecule is C[C@H]1Cc2cc(C(O)=C3C(=O)C(=O)N(CCc4ccccc4)[C@H]3c3ccncc3)ccc2O1. The number of ketones is 1. The normalized spacial score (nSPS) is 21.2. The Balaban J connectivity index is 1.56. The lowest BCUT2D eigenvalue weighted by Gasteiger charge is -2.25. The standard InChI is InChI=1S/C27H24N2O4/c1-17-15-21-16-20(7-8-22(21)33-17)25(30)23-24(19-9-12-28-13-10-19)29(27(32)26(23)31)14-11-18-5-3-2-4-6-18/h2-10,12-13,16-17,24,30H,11,14-15H2,1H3/t17-,24-/m0/s1. The molecule has 166 valence electrons. The number of benzene rings is 2. The van der Waals surface area contributed by atoms with Crippen LogP contribution in [0.25, 0.3) is 5.76 Å². The molecule has 3 aromatic rings. The van der Waals surface area contributed by atoms with E-state index in [4.69, 9.17) is 4.74 Å². The minimum atomic E-state index is -0.680. The van der Waals surface area contributed by atoms with Gasteiger partial charge in [0.2, 0.25) is 0 Å². The monoisotopic (exact) mass is 440 g/mol. The average molecular weight is 440 g/mol. The van der Waals surface area contributed by atoms with Crippen molar-refractivity contribution in [3.05, 3.63) is 101 Å². The van der Waals surface area contributed by atoms with Gasteiger partial charge in [0.1, 0.15) is 17.6 Å². The fraction of sp³-hybridized carbons (Fsp3) is 0.222. The summed E-state index contributed by atoms with van der Waals surface area (Å²) in [6.45, 7) is 2.34. The lowest BCUT2D eigenvalue weighted by atomic mass is 9.95. The highest BCUT2D eigenvalue weighted by molar-refractivity contribution is 6.46. The summed E-state index contributed by atoms with van der Waals surface area (Å²) in [5.74, 6) is -0.660. The van der Waals surface area contributed by atoms with Crippen molar-refractivity contribution in [3.63, 3.8) is 0 Å². The second kappa shape index (κ2) is 8.54. The molecular weight excluding hydrogens is 416 g/mol. The lowest BCUT2D eigenvalue weighted by molar-refractivity contribution is -0.139. The van der Waals surface area contributed by atoms with Crippen molar-refractivity contribution in [2.24, 2.45) is 0 Å². The number of carbonyl (C=O) groups is 2. The maximum Gasteiger partial charge on any atom is 0.295 e. The first-order valence-corrected chi connectivity index (χ1v) is 11.0. The molecule has 1 N–H and O–H groups in total. The Morgan fingerprint density at radius 3 is 2.61 bits per heavy atom. The topological polar surface area (TPSA) is 79.7 Å². The number of pyridine rings is 1. The number of hydrogen-bond donors (Lipinski definition) is 1. The number of amides is 1. The predicted molar refractivity (Wildman–Crippen MR) is 124 cm³/mol. The molecular formula is C27H24N2O4. The van der Waals surface area contributed by atoms with Gasteiger partial charge in [0.15, 0.2) is 0 Å². The molecule has 0 saturated carbocycles. The molecule has 1 aromatic heterocycles. The number of aliphatic hydroxyl groups excluding tert-OH is 1. The van der Waals surface area contributed by atoms with Crippen LogP contribution in [0.5, 0.6) is 5.75 Å². The van der Waals surface area contributed by atoms with Gasteiger partial charge in [-0.2, -0.15) is 0 Å². The molecule has 0 unspecified atom stereocenters. The summed E-state index contributed by atoms with van der Waals surface area (Å²) in [5, 5.41) is 11.3. The summed E-state index contributed by atoms with van der Waals surface area (Å²) in [6, 6.07) is 18.1. The number of likely N-dealkylation sites (tertiary alicyclic amines) is 1. The molecule has 0 bridgehead atoms. The summed E-state index contributed by atoms with van der Waals surface area (Å²) >= 11 is 0. The summed E-state index contributed by atoms with van der Waals surface area (Å²) < 4.78 is 5.75. The Labute approximate surface area is 192 Å². The fourth-order valence-electron chi connectivity index (χ4n) is 4.62. The number of fused-ring (bicyclic) bond motifs is 1. The Bertz CT molecular complexity index is 1240. The van der Waals surface area contributed by atoms with E-state index in [2.05, 4.69) is 4.98 Å². The lowest BCUT2D eigenvalue weighted by Crippen LogP contribution is -2.31. The molecule has 2 aromatic carbocycles. The third-order valence-electron chi connectivity index (χ3n) is 6.22. The first-order valence-electron chi connectivity index (χ1n) is 11.0. The highest BCUT2D eigenvalue weighted by Crippen LogP contribution is 2.40. The number of aromatic nitrogens is 1. The van der Waals surface area contributed by atoms with E-state index in [9.17, 15) is 14.7 Å². The Morgan fingerprint density at radius 1 is 1.09 bits per heavy atom. The van der Waals surface area contributed by atoms with Crippen molar-refractivity contribution in [3.8, 4) is 5.75 Å². The van der Waals surface area contributed by atoms with Crippen molar-refractivity contribution < 1.29 is 19.4 Å². The van der Waals surface area contributed by atoms with Crippen LogP contribution in [0.3, 0.4) is 0 Å². The van der Waals surface area contributed by atoms with E-state index in [1.54, 1.807) is 41.6 Å². The van der Waals surface area contributed by atoms with Gasteiger partial charge in [-0.3, -0.25) is 14.6 Å². The second-order valence-corrected chi connectivity index (χ2v) is 8.46. The summed E-state index contributed by atoms with van der Waals surface area (Å²) in [4.78, 5) is 31.9. The van der Waals surface area contributed by atoms with Crippen LogP contribution in [0.15, 0.2) is 78.6 Å². The van der Waals surface area contributed by atoms with Gasteiger partial charge < -0.3 is 14.7 Å². The second-order valence-electron chi connectivity index (χ2n) is 8.46.